The molecular weight excluding hydrogens is 374 g/mol. The lowest BCUT2D eigenvalue weighted by Gasteiger charge is -2.34. The second kappa shape index (κ2) is 9.27. The molecule has 4 rings (SSSR count). The van der Waals surface area contributed by atoms with E-state index < -0.39 is 0 Å². The number of amides is 2. The molecule has 1 aromatic carbocycles. The predicted octanol–water partition coefficient (Wildman–Crippen LogP) is 2.95. The van der Waals surface area contributed by atoms with Crippen LogP contribution in [-0.2, 0) is 4.79 Å². The molecule has 3 fully saturated rings. The first-order valence-electron chi connectivity index (χ1n) is 10.5. The van der Waals surface area contributed by atoms with E-state index in [1.807, 2.05) is 47.2 Å². The molecule has 0 radical (unpaired) electrons. The van der Waals surface area contributed by atoms with Gasteiger partial charge in [-0.15, -0.1) is 12.4 Å². The summed E-state index contributed by atoms with van der Waals surface area (Å²) in [6, 6.07) is 9.44. The summed E-state index contributed by atoms with van der Waals surface area (Å²) in [5.74, 6) is 1.22. The summed E-state index contributed by atoms with van der Waals surface area (Å²) >= 11 is 0. The Morgan fingerprint density at radius 3 is 2.61 bits per heavy atom. The molecule has 4 atom stereocenters. The molecule has 154 valence electrons. The van der Waals surface area contributed by atoms with Crippen molar-refractivity contribution >= 4 is 24.2 Å². The van der Waals surface area contributed by atoms with Gasteiger partial charge in [0, 0.05) is 24.7 Å². The first kappa shape index (κ1) is 21.1. The first-order chi connectivity index (χ1) is 13.2. The van der Waals surface area contributed by atoms with E-state index in [1.54, 1.807) is 0 Å². The van der Waals surface area contributed by atoms with Crippen LogP contribution in [0.3, 0.4) is 0 Å². The van der Waals surface area contributed by atoms with Crippen molar-refractivity contribution in [1.82, 2.24) is 15.1 Å². The van der Waals surface area contributed by atoms with Gasteiger partial charge in [-0.05, 0) is 63.2 Å². The fourth-order valence-electron chi connectivity index (χ4n) is 5.40. The van der Waals surface area contributed by atoms with Crippen LogP contribution < -0.4 is 5.32 Å². The monoisotopic (exact) mass is 405 g/mol. The average Bonchev–Trinajstić information content (AvgIpc) is 3.32. The molecule has 28 heavy (non-hydrogen) atoms. The van der Waals surface area contributed by atoms with Crippen LogP contribution in [0.1, 0.15) is 48.9 Å². The summed E-state index contributed by atoms with van der Waals surface area (Å²) in [6.45, 7) is 2.59. The van der Waals surface area contributed by atoms with Crippen LogP contribution in [0.2, 0.25) is 0 Å². The SMILES string of the molecule is CNCC1CCN(C(=O)C2CC3CCCCC3N2C(=O)c2ccccc2)C1.Cl. The van der Waals surface area contributed by atoms with Crippen molar-refractivity contribution in [1.29, 1.82) is 0 Å². The molecule has 0 spiro atoms. The Morgan fingerprint density at radius 1 is 1.11 bits per heavy atom. The molecular formula is C22H32ClN3O2. The molecule has 4 unspecified atom stereocenters. The number of benzene rings is 1. The van der Waals surface area contributed by atoms with E-state index in [4.69, 9.17) is 0 Å². The van der Waals surface area contributed by atoms with Crippen molar-refractivity contribution in [2.75, 3.05) is 26.7 Å². The van der Waals surface area contributed by atoms with E-state index in [9.17, 15) is 9.59 Å². The zero-order valence-corrected chi connectivity index (χ0v) is 17.5. The fraction of sp³-hybridized carbons (Fsp3) is 0.636. The number of hydrogen-bond donors (Lipinski definition) is 1. The smallest absolute Gasteiger partial charge is 0.254 e. The fourth-order valence-corrected chi connectivity index (χ4v) is 5.40. The molecule has 2 aliphatic heterocycles. The third-order valence-electron chi connectivity index (χ3n) is 6.72. The Hall–Kier alpha value is -1.59. The van der Waals surface area contributed by atoms with E-state index in [2.05, 4.69) is 5.32 Å². The van der Waals surface area contributed by atoms with Crippen molar-refractivity contribution in [3.05, 3.63) is 35.9 Å². The third kappa shape index (κ3) is 4.06. The number of likely N-dealkylation sites (tertiary alicyclic amines) is 2. The number of rotatable bonds is 4. The predicted molar refractivity (Wildman–Crippen MR) is 113 cm³/mol. The minimum absolute atomic E-state index is 0. The minimum Gasteiger partial charge on any atom is -0.341 e. The van der Waals surface area contributed by atoms with E-state index in [0.717, 1.165) is 51.7 Å². The van der Waals surface area contributed by atoms with Gasteiger partial charge in [0.25, 0.3) is 5.91 Å². The molecule has 1 aliphatic carbocycles. The van der Waals surface area contributed by atoms with Crippen LogP contribution in [0, 0.1) is 11.8 Å². The van der Waals surface area contributed by atoms with Gasteiger partial charge >= 0.3 is 0 Å². The molecule has 6 heteroatoms. The summed E-state index contributed by atoms with van der Waals surface area (Å²) in [5, 5.41) is 3.23. The Morgan fingerprint density at radius 2 is 1.86 bits per heavy atom. The highest BCUT2D eigenvalue weighted by Gasteiger charge is 2.49. The van der Waals surface area contributed by atoms with Gasteiger partial charge in [-0.3, -0.25) is 9.59 Å². The molecule has 2 heterocycles. The van der Waals surface area contributed by atoms with Gasteiger partial charge in [0.2, 0.25) is 5.91 Å². The normalized spacial score (nSPS) is 29.3. The number of carbonyl (C=O) groups excluding carboxylic acids is 2. The topological polar surface area (TPSA) is 52.7 Å². The quantitative estimate of drug-likeness (QED) is 0.837. The van der Waals surface area contributed by atoms with E-state index in [1.165, 1.54) is 6.42 Å². The third-order valence-corrected chi connectivity index (χ3v) is 6.72. The zero-order valence-electron chi connectivity index (χ0n) is 16.7. The number of hydrogen-bond acceptors (Lipinski definition) is 3. The molecule has 3 aliphatic rings. The lowest BCUT2D eigenvalue weighted by molar-refractivity contribution is -0.134. The lowest BCUT2D eigenvalue weighted by Crippen LogP contribution is -2.50. The number of nitrogens with one attached hydrogen (secondary N) is 1. The van der Waals surface area contributed by atoms with Crippen LogP contribution in [0.4, 0.5) is 0 Å². The van der Waals surface area contributed by atoms with Crippen molar-refractivity contribution in [3.8, 4) is 0 Å². The van der Waals surface area contributed by atoms with Crippen molar-refractivity contribution in [2.45, 2.75) is 50.6 Å². The van der Waals surface area contributed by atoms with E-state index in [0.29, 0.717) is 17.4 Å². The summed E-state index contributed by atoms with van der Waals surface area (Å²) in [7, 11) is 1.96. The molecule has 2 saturated heterocycles. The number of halogens is 1. The highest BCUT2D eigenvalue weighted by Crippen LogP contribution is 2.41. The maximum atomic E-state index is 13.4. The number of carbonyl (C=O) groups is 2. The highest BCUT2D eigenvalue weighted by molar-refractivity contribution is 5.98. The molecule has 1 N–H and O–H groups in total. The van der Waals surface area contributed by atoms with Gasteiger partial charge in [-0.25, -0.2) is 0 Å². The molecule has 1 saturated carbocycles. The van der Waals surface area contributed by atoms with Crippen LogP contribution >= 0.6 is 12.4 Å². The summed E-state index contributed by atoms with van der Waals surface area (Å²) in [6.07, 6.45) is 6.47. The van der Waals surface area contributed by atoms with Gasteiger partial charge in [-0.1, -0.05) is 31.0 Å². The Bertz CT molecular complexity index is 684. The van der Waals surface area contributed by atoms with Gasteiger partial charge in [-0.2, -0.15) is 0 Å². The van der Waals surface area contributed by atoms with Gasteiger partial charge in [0.05, 0.1) is 0 Å². The van der Waals surface area contributed by atoms with Crippen LogP contribution in [0.25, 0.3) is 0 Å². The Balaban J connectivity index is 0.00000225. The van der Waals surface area contributed by atoms with E-state index >= 15 is 0 Å². The lowest BCUT2D eigenvalue weighted by atomic mass is 9.84. The van der Waals surface area contributed by atoms with Crippen molar-refractivity contribution in [3.63, 3.8) is 0 Å². The molecule has 1 aromatic rings. The van der Waals surface area contributed by atoms with Crippen LogP contribution in [0.15, 0.2) is 30.3 Å². The molecule has 0 bridgehead atoms. The highest BCUT2D eigenvalue weighted by atomic mass is 35.5. The van der Waals surface area contributed by atoms with Gasteiger partial charge < -0.3 is 15.1 Å². The van der Waals surface area contributed by atoms with Crippen molar-refractivity contribution < 1.29 is 9.59 Å². The maximum absolute atomic E-state index is 13.4. The standard InChI is InChI=1S/C22H31N3O2.ClH/c1-23-14-16-11-12-24(15-16)22(27)20-13-18-9-5-6-10-19(18)25(20)21(26)17-7-3-2-4-8-17;/h2-4,7-8,16,18-20,23H,5-6,9-15H2,1H3;1H. The molecule has 0 aromatic heterocycles. The summed E-state index contributed by atoms with van der Waals surface area (Å²) in [5.41, 5.74) is 0.705. The zero-order chi connectivity index (χ0) is 18.8. The van der Waals surface area contributed by atoms with Gasteiger partial charge in [0.1, 0.15) is 6.04 Å². The van der Waals surface area contributed by atoms with Gasteiger partial charge in [0.15, 0.2) is 0 Å². The Labute approximate surface area is 174 Å². The second-order valence-electron chi connectivity index (χ2n) is 8.44. The van der Waals surface area contributed by atoms with E-state index in [-0.39, 0.29) is 36.3 Å². The maximum Gasteiger partial charge on any atom is 0.254 e. The summed E-state index contributed by atoms with van der Waals surface area (Å²) < 4.78 is 0. The Kier molecular flexibility index (Phi) is 7.00. The molecule has 2 amide bonds. The molecule has 5 nitrogen and oxygen atoms in total. The van der Waals surface area contributed by atoms with Crippen LogP contribution in [0.5, 0.6) is 0 Å². The summed E-state index contributed by atoms with van der Waals surface area (Å²) in [4.78, 5) is 30.7. The van der Waals surface area contributed by atoms with Crippen molar-refractivity contribution in [2.24, 2.45) is 11.8 Å². The number of fused-ring (bicyclic) bond motifs is 1. The number of nitrogens with zero attached hydrogens (tertiary/aromatic N) is 2. The first-order valence-corrected chi connectivity index (χ1v) is 10.5. The average molecular weight is 406 g/mol. The second-order valence-corrected chi connectivity index (χ2v) is 8.44. The minimum atomic E-state index is -0.279. The largest absolute Gasteiger partial charge is 0.341 e. The van der Waals surface area contributed by atoms with Crippen LogP contribution in [-0.4, -0.2) is 60.4 Å².